The summed E-state index contributed by atoms with van der Waals surface area (Å²) in [6, 6.07) is 15.0. The fourth-order valence-electron chi connectivity index (χ4n) is 2.73. The van der Waals surface area contributed by atoms with E-state index in [4.69, 9.17) is 0 Å². The molecule has 1 aliphatic rings. The molecular formula is C18H17FN2O2. The van der Waals surface area contributed by atoms with Crippen molar-refractivity contribution >= 4 is 17.5 Å². The standard InChI is InChI=1S/C18H17FN2O2/c19-14-6-8-16(9-7-14)21-12-15(11-18(21)23)20-17(22)10-13-4-2-1-3-5-13/h1-9,15H,10-12H2,(H,20,22)/t15-/m0/s1. The Balaban J connectivity index is 1.59. The summed E-state index contributed by atoms with van der Waals surface area (Å²) in [7, 11) is 0. The number of nitrogens with one attached hydrogen (secondary N) is 1. The second kappa shape index (κ2) is 6.60. The van der Waals surface area contributed by atoms with Gasteiger partial charge in [0.1, 0.15) is 5.82 Å². The molecular weight excluding hydrogens is 295 g/mol. The molecule has 2 aromatic carbocycles. The monoisotopic (exact) mass is 312 g/mol. The van der Waals surface area contributed by atoms with Crippen LogP contribution in [0, 0.1) is 5.82 Å². The molecule has 0 saturated carbocycles. The first-order chi connectivity index (χ1) is 11.1. The predicted molar refractivity (Wildman–Crippen MR) is 85.4 cm³/mol. The first-order valence-corrected chi connectivity index (χ1v) is 7.51. The summed E-state index contributed by atoms with van der Waals surface area (Å²) >= 11 is 0. The Morgan fingerprint density at radius 2 is 1.83 bits per heavy atom. The van der Waals surface area contributed by atoms with Gasteiger partial charge in [0.15, 0.2) is 0 Å². The van der Waals surface area contributed by atoms with Gasteiger partial charge in [-0.25, -0.2) is 4.39 Å². The van der Waals surface area contributed by atoms with Crippen LogP contribution in [0.5, 0.6) is 0 Å². The predicted octanol–water partition coefficient (Wildman–Crippen LogP) is 2.29. The van der Waals surface area contributed by atoms with E-state index < -0.39 is 0 Å². The van der Waals surface area contributed by atoms with Crippen molar-refractivity contribution in [3.8, 4) is 0 Å². The molecule has 2 aromatic rings. The zero-order valence-corrected chi connectivity index (χ0v) is 12.5. The highest BCUT2D eigenvalue weighted by molar-refractivity contribution is 5.96. The Bertz CT molecular complexity index is 701. The van der Waals surface area contributed by atoms with Crippen LogP contribution in [0.15, 0.2) is 54.6 Å². The molecule has 0 spiro atoms. The third-order valence-corrected chi connectivity index (χ3v) is 3.84. The Morgan fingerprint density at radius 3 is 2.52 bits per heavy atom. The topological polar surface area (TPSA) is 49.4 Å². The molecule has 0 aliphatic carbocycles. The summed E-state index contributed by atoms with van der Waals surface area (Å²) in [4.78, 5) is 25.7. The van der Waals surface area contributed by atoms with Crippen LogP contribution < -0.4 is 10.2 Å². The molecule has 1 fully saturated rings. The van der Waals surface area contributed by atoms with Crippen molar-refractivity contribution < 1.29 is 14.0 Å². The van der Waals surface area contributed by atoms with E-state index in [1.54, 1.807) is 17.0 Å². The number of nitrogens with zero attached hydrogens (tertiary/aromatic N) is 1. The van der Waals surface area contributed by atoms with Crippen LogP contribution in [-0.4, -0.2) is 24.4 Å². The Labute approximate surface area is 133 Å². The summed E-state index contributed by atoms with van der Waals surface area (Å²) in [6.45, 7) is 0.408. The Morgan fingerprint density at radius 1 is 1.13 bits per heavy atom. The van der Waals surface area contributed by atoms with Gasteiger partial charge >= 0.3 is 0 Å². The van der Waals surface area contributed by atoms with E-state index in [-0.39, 0.29) is 30.1 Å². The van der Waals surface area contributed by atoms with Gasteiger partial charge in [0.2, 0.25) is 11.8 Å². The van der Waals surface area contributed by atoms with Gasteiger partial charge in [-0.05, 0) is 29.8 Å². The van der Waals surface area contributed by atoms with Crippen LogP contribution in [0.1, 0.15) is 12.0 Å². The highest BCUT2D eigenvalue weighted by Gasteiger charge is 2.31. The number of rotatable bonds is 4. The van der Waals surface area contributed by atoms with E-state index >= 15 is 0 Å². The second-order valence-corrected chi connectivity index (χ2v) is 5.61. The van der Waals surface area contributed by atoms with Gasteiger partial charge in [-0.1, -0.05) is 30.3 Å². The first kappa shape index (κ1) is 15.2. The molecule has 1 N–H and O–H groups in total. The molecule has 0 unspecified atom stereocenters. The van der Waals surface area contributed by atoms with Crippen molar-refractivity contribution in [1.82, 2.24) is 5.32 Å². The SMILES string of the molecule is O=C(Cc1ccccc1)N[C@H]1CC(=O)N(c2ccc(F)cc2)C1. The molecule has 0 aromatic heterocycles. The molecule has 23 heavy (non-hydrogen) atoms. The molecule has 5 heteroatoms. The number of hydrogen-bond acceptors (Lipinski definition) is 2. The van der Waals surface area contributed by atoms with Gasteiger partial charge in [0.25, 0.3) is 0 Å². The molecule has 1 heterocycles. The minimum absolute atomic E-state index is 0.0679. The van der Waals surface area contributed by atoms with Gasteiger partial charge < -0.3 is 10.2 Å². The quantitative estimate of drug-likeness (QED) is 0.942. The van der Waals surface area contributed by atoms with Crippen LogP contribution in [0.4, 0.5) is 10.1 Å². The molecule has 4 nitrogen and oxygen atoms in total. The zero-order chi connectivity index (χ0) is 16.2. The summed E-state index contributed by atoms with van der Waals surface area (Å²) in [5.41, 5.74) is 1.58. The fraction of sp³-hybridized carbons (Fsp3) is 0.222. The number of halogens is 1. The minimum atomic E-state index is -0.340. The average molecular weight is 312 g/mol. The first-order valence-electron chi connectivity index (χ1n) is 7.51. The molecule has 0 bridgehead atoms. The van der Waals surface area contributed by atoms with E-state index in [0.717, 1.165) is 5.56 Å². The Hall–Kier alpha value is -2.69. The van der Waals surface area contributed by atoms with Crippen LogP contribution in [-0.2, 0) is 16.0 Å². The van der Waals surface area contributed by atoms with E-state index in [1.807, 2.05) is 30.3 Å². The van der Waals surface area contributed by atoms with Crippen molar-refractivity contribution in [3.63, 3.8) is 0 Å². The van der Waals surface area contributed by atoms with Crippen LogP contribution in [0.2, 0.25) is 0 Å². The normalized spacial score (nSPS) is 17.3. The number of carbonyl (C=O) groups excluding carboxylic acids is 2. The van der Waals surface area contributed by atoms with E-state index in [2.05, 4.69) is 5.32 Å². The lowest BCUT2D eigenvalue weighted by atomic mass is 10.1. The van der Waals surface area contributed by atoms with Gasteiger partial charge in [0, 0.05) is 18.7 Å². The fourth-order valence-corrected chi connectivity index (χ4v) is 2.73. The molecule has 1 aliphatic heterocycles. The molecule has 1 saturated heterocycles. The average Bonchev–Trinajstić information content (AvgIpc) is 2.89. The number of hydrogen-bond donors (Lipinski definition) is 1. The highest BCUT2D eigenvalue weighted by atomic mass is 19.1. The van der Waals surface area contributed by atoms with Crippen LogP contribution >= 0.6 is 0 Å². The van der Waals surface area contributed by atoms with Gasteiger partial charge in [-0.3, -0.25) is 9.59 Å². The lowest BCUT2D eigenvalue weighted by molar-refractivity contribution is -0.121. The van der Waals surface area contributed by atoms with Gasteiger partial charge in [-0.2, -0.15) is 0 Å². The zero-order valence-electron chi connectivity index (χ0n) is 12.5. The number of benzene rings is 2. The minimum Gasteiger partial charge on any atom is -0.351 e. The summed E-state index contributed by atoms with van der Waals surface area (Å²) in [5.74, 6) is -0.510. The molecule has 118 valence electrons. The largest absolute Gasteiger partial charge is 0.351 e. The number of carbonyl (C=O) groups is 2. The molecule has 2 amide bonds. The summed E-state index contributed by atoms with van der Waals surface area (Å²) in [6.07, 6.45) is 0.556. The van der Waals surface area contributed by atoms with Crippen LogP contribution in [0.3, 0.4) is 0 Å². The summed E-state index contributed by atoms with van der Waals surface area (Å²) < 4.78 is 13.0. The van der Waals surface area contributed by atoms with Crippen molar-refractivity contribution in [2.24, 2.45) is 0 Å². The van der Waals surface area contributed by atoms with Crippen molar-refractivity contribution in [1.29, 1.82) is 0 Å². The van der Waals surface area contributed by atoms with Gasteiger partial charge in [-0.15, -0.1) is 0 Å². The van der Waals surface area contributed by atoms with Crippen LogP contribution in [0.25, 0.3) is 0 Å². The second-order valence-electron chi connectivity index (χ2n) is 5.61. The van der Waals surface area contributed by atoms with Gasteiger partial charge in [0.05, 0.1) is 12.5 Å². The molecule has 1 atom stereocenters. The lowest BCUT2D eigenvalue weighted by Crippen LogP contribution is -2.38. The number of anilines is 1. The smallest absolute Gasteiger partial charge is 0.229 e. The lowest BCUT2D eigenvalue weighted by Gasteiger charge is -2.17. The Kier molecular flexibility index (Phi) is 4.37. The molecule has 3 rings (SSSR count). The van der Waals surface area contributed by atoms with Crippen molar-refractivity contribution in [2.45, 2.75) is 18.9 Å². The maximum Gasteiger partial charge on any atom is 0.229 e. The maximum absolute atomic E-state index is 13.0. The third kappa shape index (κ3) is 3.74. The maximum atomic E-state index is 13.0. The van der Waals surface area contributed by atoms with Crippen molar-refractivity contribution in [3.05, 3.63) is 66.0 Å². The van der Waals surface area contributed by atoms with E-state index in [1.165, 1.54) is 12.1 Å². The van der Waals surface area contributed by atoms with E-state index in [0.29, 0.717) is 18.7 Å². The number of amides is 2. The van der Waals surface area contributed by atoms with Crippen molar-refractivity contribution in [2.75, 3.05) is 11.4 Å². The summed E-state index contributed by atoms with van der Waals surface area (Å²) in [5, 5.41) is 2.89. The molecule has 0 radical (unpaired) electrons. The van der Waals surface area contributed by atoms with E-state index in [9.17, 15) is 14.0 Å². The third-order valence-electron chi connectivity index (χ3n) is 3.84. The highest BCUT2D eigenvalue weighted by Crippen LogP contribution is 2.21.